The zero-order valence-electron chi connectivity index (χ0n) is 11.8. The molecule has 0 aliphatic carbocycles. The van der Waals surface area contributed by atoms with Crippen LogP contribution in [0.4, 0.5) is 0 Å². The van der Waals surface area contributed by atoms with Crippen molar-refractivity contribution in [3.05, 3.63) is 50.7 Å². The summed E-state index contributed by atoms with van der Waals surface area (Å²) in [4.78, 5) is 0.178. The van der Waals surface area contributed by atoms with E-state index < -0.39 is 10.0 Å². The van der Waals surface area contributed by atoms with Crippen LogP contribution in [0.2, 0.25) is 5.02 Å². The average Bonchev–Trinajstić information content (AvgIpc) is 2.94. The minimum Gasteiger partial charge on any atom is -0.326 e. The molecule has 21 heavy (non-hydrogen) atoms. The lowest BCUT2D eigenvalue weighted by Crippen LogP contribution is -2.27. The Bertz CT molecular complexity index is 728. The summed E-state index contributed by atoms with van der Waals surface area (Å²) in [6.45, 7) is 3.79. The van der Waals surface area contributed by atoms with Crippen molar-refractivity contribution in [2.45, 2.75) is 31.3 Å². The van der Waals surface area contributed by atoms with E-state index in [1.54, 1.807) is 13.0 Å². The molecule has 7 heteroatoms. The van der Waals surface area contributed by atoms with E-state index in [9.17, 15) is 8.42 Å². The molecule has 0 saturated heterocycles. The summed E-state index contributed by atoms with van der Waals surface area (Å²) >= 11 is 7.53. The van der Waals surface area contributed by atoms with Gasteiger partial charge in [-0.2, -0.15) is 11.3 Å². The lowest BCUT2D eigenvalue weighted by atomic mass is 10.1. The van der Waals surface area contributed by atoms with Gasteiger partial charge in [0.05, 0.1) is 4.90 Å². The Kier molecular flexibility index (Phi) is 5.06. The van der Waals surface area contributed by atoms with Gasteiger partial charge >= 0.3 is 0 Å². The summed E-state index contributed by atoms with van der Waals surface area (Å²) in [6.07, 6.45) is 0. The third-order valence-electron chi connectivity index (χ3n) is 3.32. The molecule has 4 nitrogen and oxygen atoms in total. The molecule has 1 aromatic heterocycles. The van der Waals surface area contributed by atoms with Gasteiger partial charge in [0.2, 0.25) is 10.0 Å². The topological polar surface area (TPSA) is 72.2 Å². The predicted molar refractivity (Wildman–Crippen MR) is 87.1 cm³/mol. The summed E-state index contributed by atoms with van der Waals surface area (Å²) in [5.74, 6) is 0. The lowest BCUT2D eigenvalue weighted by Gasteiger charge is -2.16. The van der Waals surface area contributed by atoms with Gasteiger partial charge in [0.15, 0.2) is 0 Å². The molecule has 0 aliphatic heterocycles. The molecular formula is C14H17ClN2O2S2. The zero-order valence-corrected chi connectivity index (χ0v) is 14.1. The highest BCUT2D eigenvalue weighted by molar-refractivity contribution is 7.89. The maximum absolute atomic E-state index is 12.6. The minimum absolute atomic E-state index is 0.178. The molecule has 1 unspecified atom stereocenters. The number of halogens is 1. The minimum atomic E-state index is -3.66. The van der Waals surface area contributed by atoms with E-state index in [1.807, 2.05) is 23.8 Å². The van der Waals surface area contributed by atoms with E-state index >= 15 is 0 Å². The van der Waals surface area contributed by atoms with Crippen LogP contribution in [0, 0.1) is 6.92 Å². The van der Waals surface area contributed by atoms with Crippen molar-refractivity contribution in [1.82, 2.24) is 4.72 Å². The molecule has 0 saturated carbocycles. The summed E-state index contributed by atoms with van der Waals surface area (Å²) in [7, 11) is -3.66. The first kappa shape index (κ1) is 16.5. The van der Waals surface area contributed by atoms with Crippen LogP contribution in [-0.2, 0) is 16.6 Å². The fourth-order valence-electron chi connectivity index (χ4n) is 2.08. The SMILES string of the molecule is Cc1c(CN)cc(Cl)cc1S(=O)(=O)NC(C)c1ccsc1. The summed E-state index contributed by atoms with van der Waals surface area (Å²) in [5, 5.41) is 4.20. The standard InChI is InChI=1S/C14H17ClN2O2S2/c1-9-12(7-16)5-13(15)6-14(9)21(18,19)17-10(2)11-3-4-20-8-11/h3-6,8,10,17H,7,16H2,1-2H3. The van der Waals surface area contributed by atoms with Crippen LogP contribution in [0.15, 0.2) is 33.9 Å². The Balaban J connectivity index is 2.38. The lowest BCUT2D eigenvalue weighted by molar-refractivity contribution is 0.566. The van der Waals surface area contributed by atoms with Crippen molar-refractivity contribution in [3.8, 4) is 0 Å². The quantitative estimate of drug-likeness (QED) is 0.874. The number of hydrogen-bond donors (Lipinski definition) is 2. The van der Waals surface area contributed by atoms with E-state index in [0.29, 0.717) is 10.6 Å². The molecule has 114 valence electrons. The molecular weight excluding hydrogens is 328 g/mol. The van der Waals surface area contributed by atoms with Crippen LogP contribution in [0.25, 0.3) is 0 Å². The zero-order chi connectivity index (χ0) is 15.6. The summed E-state index contributed by atoms with van der Waals surface area (Å²) in [6, 6.07) is 4.74. The maximum Gasteiger partial charge on any atom is 0.241 e. The largest absolute Gasteiger partial charge is 0.326 e. The molecule has 2 aromatic rings. The van der Waals surface area contributed by atoms with Crippen LogP contribution in [0.1, 0.15) is 29.7 Å². The van der Waals surface area contributed by atoms with Crippen LogP contribution >= 0.6 is 22.9 Å². The van der Waals surface area contributed by atoms with Gasteiger partial charge in [0.1, 0.15) is 0 Å². The molecule has 3 N–H and O–H groups in total. The molecule has 1 heterocycles. The first-order valence-electron chi connectivity index (χ1n) is 6.38. The molecule has 1 aromatic carbocycles. The first-order chi connectivity index (χ1) is 9.85. The van der Waals surface area contributed by atoms with E-state index in [1.165, 1.54) is 17.4 Å². The summed E-state index contributed by atoms with van der Waals surface area (Å²) < 4.78 is 27.8. The van der Waals surface area contributed by atoms with Crippen molar-refractivity contribution in [2.75, 3.05) is 0 Å². The Labute approximate surface area is 134 Å². The number of hydrogen-bond acceptors (Lipinski definition) is 4. The maximum atomic E-state index is 12.6. The number of nitrogens with two attached hydrogens (primary N) is 1. The number of rotatable bonds is 5. The van der Waals surface area contributed by atoms with Gasteiger partial charge in [-0.1, -0.05) is 11.6 Å². The first-order valence-corrected chi connectivity index (χ1v) is 9.19. The second-order valence-electron chi connectivity index (χ2n) is 4.79. The van der Waals surface area contributed by atoms with Crippen molar-refractivity contribution >= 4 is 33.0 Å². The number of thiophene rings is 1. The van der Waals surface area contributed by atoms with Gasteiger partial charge in [0.25, 0.3) is 0 Å². The fraction of sp³-hybridized carbons (Fsp3) is 0.286. The molecule has 0 spiro atoms. The van der Waals surface area contributed by atoms with E-state index in [2.05, 4.69) is 4.72 Å². The average molecular weight is 345 g/mol. The molecule has 0 aliphatic rings. The molecule has 0 bridgehead atoms. The number of benzene rings is 1. The van der Waals surface area contributed by atoms with Gasteiger partial charge in [-0.25, -0.2) is 13.1 Å². The van der Waals surface area contributed by atoms with Crippen molar-refractivity contribution < 1.29 is 8.42 Å². The Morgan fingerprint density at radius 1 is 1.43 bits per heavy atom. The highest BCUT2D eigenvalue weighted by atomic mass is 35.5. The second kappa shape index (κ2) is 6.46. The van der Waals surface area contributed by atoms with E-state index in [4.69, 9.17) is 17.3 Å². The Morgan fingerprint density at radius 2 is 2.14 bits per heavy atom. The summed E-state index contributed by atoms with van der Waals surface area (Å²) in [5.41, 5.74) is 7.93. The normalized spacial score (nSPS) is 13.3. The van der Waals surface area contributed by atoms with Crippen LogP contribution in [-0.4, -0.2) is 8.42 Å². The molecule has 0 fully saturated rings. The molecule has 0 amide bonds. The smallest absolute Gasteiger partial charge is 0.241 e. The Morgan fingerprint density at radius 3 is 2.71 bits per heavy atom. The third kappa shape index (κ3) is 3.64. The predicted octanol–water partition coefficient (Wildman–Crippen LogP) is 3.21. The van der Waals surface area contributed by atoms with E-state index in [-0.39, 0.29) is 17.5 Å². The van der Waals surface area contributed by atoms with Gasteiger partial charge in [-0.3, -0.25) is 0 Å². The van der Waals surface area contributed by atoms with Gasteiger partial charge in [0, 0.05) is 17.6 Å². The van der Waals surface area contributed by atoms with Crippen molar-refractivity contribution in [1.29, 1.82) is 0 Å². The number of sulfonamides is 1. The van der Waals surface area contributed by atoms with Gasteiger partial charge < -0.3 is 5.73 Å². The van der Waals surface area contributed by atoms with Crippen molar-refractivity contribution in [3.63, 3.8) is 0 Å². The van der Waals surface area contributed by atoms with E-state index in [0.717, 1.165) is 11.1 Å². The van der Waals surface area contributed by atoms with Crippen LogP contribution in [0.5, 0.6) is 0 Å². The Hall–Kier alpha value is -0.920. The molecule has 1 atom stereocenters. The molecule has 0 radical (unpaired) electrons. The van der Waals surface area contributed by atoms with Gasteiger partial charge in [-0.15, -0.1) is 0 Å². The molecule has 2 rings (SSSR count). The number of nitrogens with one attached hydrogen (secondary N) is 1. The monoisotopic (exact) mass is 344 g/mol. The highest BCUT2D eigenvalue weighted by Crippen LogP contribution is 2.26. The van der Waals surface area contributed by atoms with Gasteiger partial charge in [-0.05, 0) is 59.5 Å². The highest BCUT2D eigenvalue weighted by Gasteiger charge is 2.22. The fourth-order valence-corrected chi connectivity index (χ4v) is 4.69. The second-order valence-corrected chi connectivity index (χ2v) is 7.69. The van der Waals surface area contributed by atoms with Crippen LogP contribution in [0.3, 0.4) is 0 Å². The third-order valence-corrected chi connectivity index (χ3v) is 5.90. The van der Waals surface area contributed by atoms with Crippen LogP contribution < -0.4 is 10.5 Å². The van der Waals surface area contributed by atoms with Crippen molar-refractivity contribution in [2.24, 2.45) is 5.73 Å².